The first kappa shape index (κ1) is 12.9. The van der Waals surface area contributed by atoms with Gasteiger partial charge in [-0.3, -0.25) is 0 Å². The van der Waals surface area contributed by atoms with E-state index in [0.29, 0.717) is 11.8 Å². The van der Waals surface area contributed by atoms with Crippen LogP contribution in [0.5, 0.6) is 0 Å². The molecule has 0 radical (unpaired) electrons. The molecule has 5 nitrogen and oxygen atoms in total. The highest BCUT2D eigenvalue weighted by molar-refractivity contribution is 5.55. The molecule has 1 aliphatic rings. The van der Waals surface area contributed by atoms with Crippen LogP contribution in [0.1, 0.15) is 0 Å². The third kappa shape index (κ3) is 2.75. The second kappa shape index (κ2) is 5.50. The molecular formula is C14H16FN5. The highest BCUT2D eigenvalue weighted by Gasteiger charge is 2.17. The molecule has 0 amide bonds. The third-order valence-electron chi connectivity index (χ3n) is 3.45. The molecule has 2 aromatic rings. The summed E-state index contributed by atoms with van der Waals surface area (Å²) in [5.41, 5.74) is 0.796. The average Bonchev–Trinajstić information content (AvgIpc) is 2.49. The average molecular weight is 273 g/mol. The van der Waals surface area contributed by atoms with Gasteiger partial charge in [0, 0.05) is 31.7 Å². The lowest BCUT2D eigenvalue weighted by atomic mass is 10.2. The second-order valence-corrected chi connectivity index (χ2v) is 4.91. The number of rotatable bonds is 2. The van der Waals surface area contributed by atoms with E-state index >= 15 is 0 Å². The van der Waals surface area contributed by atoms with E-state index in [0.717, 1.165) is 31.7 Å². The van der Waals surface area contributed by atoms with Crippen LogP contribution in [0.2, 0.25) is 0 Å². The van der Waals surface area contributed by atoms with Gasteiger partial charge in [-0.1, -0.05) is 0 Å². The Labute approximate surface area is 117 Å². The molecule has 0 N–H and O–H groups in total. The van der Waals surface area contributed by atoms with E-state index in [1.165, 1.54) is 18.5 Å². The van der Waals surface area contributed by atoms with E-state index < -0.39 is 0 Å². The fourth-order valence-electron chi connectivity index (χ4n) is 2.18. The van der Waals surface area contributed by atoms with Crippen LogP contribution in [0.25, 0.3) is 11.4 Å². The standard InChI is InChI=1S/C14H16FN5/c1-19-6-8-20(9-7-19)14-17-10-16-13(18-14)11-2-4-12(15)5-3-11/h2-5,10H,6-9H2,1H3. The molecule has 0 spiro atoms. The summed E-state index contributed by atoms with van der Waals surface area (Å²) in [6, 6.07) is 6.18. The lowest BCUT2D eigenvalue weighted by Gasteiger charge is -2.32. The molecule has 0 aliphatic carbocycles. The van der Waals surface area contributed by atoms with E-state index in [2.05, 4.69) is 31.8 Å². The van der Waals surface area contributed by atoms with Crippen LogP contribution in [-0.2, 0) is 0 Å². The molecule has 1 aromatic heterocycles. The van der Waals surface area contributed by atoms with Gasteiger partial charge in [0.1, 0.15) is 12.1 Å². The normalized spacial score (nSPS) is 16.4. The molecule has 3 rings (SSSR count). The lowest BCUT2D eigenvalue weighted by molar-refractivity contribution is 0.311. The quantitative estimate of drug-likeness (QED) is 0.828. The van der Waals surface area contributed by atoms with Gasteiger partial charge in [0.25, 0.3) is 0 Å². The van der Waals surface area contributed by atoms with Crippen molar-refractivity contribution < 1.29 is 4.39 Å². The van der Waals surface area contributed by atoms with Crippen molar-refractivity contribution in [2.45, 2.75) is 0 Å². The molecule has 0 atom stereocenters. The van der Waals surface area contributed by atoms with Crippen molar-refractivity contribution >= 4 is 5.95 Å². The fourth-order valence-corrected chi connectivity index (χ4v) is 2.18. The molecule has 0 saturated carbocycles. The maximum atomic E-state index is 12.9. The Morgan fingerprint density at radius 3 is 2.40 bits per heavy atom. The summed E-state index contributed by atoms with van der Waals surface area (Å²) in [5.74, 6) is 1.00. The predicted octanol–water partition coefficient (Wildman–Crippen LogP) is 1.43. The first-order valence-electron chi connectivity index (χ1n) is 6.61. The minimum absolute atomic E-state index is 0.262. The zero-order chi connectivity index (χ0) is 13.9. The Balaban J connectivity index is 1.84. The molecule has 1 aliphatic heterocycles. The summed E-state index contributed by atoms with van der Waals surface area (Å²) in [6.07, 6.45) is 1.51. The molecule has 6 heteroatoms. The van der Waals surface area contributed by atoms with Gasteiger partial charge in [-0.2, -0.15) is 4.98 Å². The molecule has 0 unspecified atom stereocenters. The first-order chi connectivity index (χ1) is 9.72. The van der Waals surface area contributed by atoms with Crippen molar-refractivity contribution in [3.05, 3.63) is 36.4 Å². The van der Waals surface area contributed by atoms with Crippen molar-refractivity contribution in [3.8, 4) is 11.4 Å². The molecule has 1 fully saturated rings. The topological polar surface area (TPSA) is 45.2 Å². The van der Waals surface area contributed by atoms with Crippen LogP contribution in [0, 0.1) is 5.82 Å². The van der Waals surface area contributed by atoms with Crippen molar-refractivity contribution in [3.63, 3.8) is 0 Å². The zero-order valence-electron chi connectivity index (χ0n) is 11.3. The van der Waals surface area contributed by atoms with Crippen molar-refractivity contribution in [2.24, 2.45) is 0 Å². The summed E-state index contributed by atoms with van der Waals surface area (Å²) in [7, 11) is 2.11. The Hall–Kier alpha value is -2.08. The molecular weight excluding hydrogens is 257 g/mol. The Kier molecular flexibility index (Phi) is 3.56. The van der Waals surface area contributed by atoms with E-state index in [-0.39, 0.29) is 5.82 Å². The molecule has 1 saturated heterocycles. The largest absolute Gasteiger partial charge is 0.338 e. The first-order valence-corrected chi connectivity index (χ1v) is 6.61. The van der Waals surface area contributed by atoms with Gasteiger partial charge in [-0.15, -0.1) is 0 Å². The summed E-state index contributed by atoms with van der Waals surface area (Å²) < 4.78 is 12.9. The second-order valence-electron chi connectivity index (χ2n) is 4.91. The van der Waals surface area contributed by atoms with E-state index in [1.54, 1.807) is 12.1 Å². The smallest absolute Gasteiger partial charge is 0.228 e. The summed E-state index contributed by atoms with van der Waals surface area (Å²) >= 11 is 0. The number of piperazine rings is 1. The van der Waals surface area contributed by atoms with Gasteiger partial charge in [-0.25, -0.2) is 14.4 Å². The van der Waals surface area contributed by atoms with Crippen molar-refractivity contribution in [1.82, 2.24) is 19.9 Å². The van der Waals surface area contributed by atoms with Gasteiger partial charge in [0.05, 0.1) is 0 Å². The Morgan fingerprint density at radius 2 is 1.70 bits per heavy atom. The molecule has 104 valence electrons. The predicted molar refractivity (Wildman–Crippen MR) is 74.9 cm³/mol. The van der Waals surface area contributed by atoms with Crippen LogP contribution in [0.3, 0.4) is 0 Å². The number of aromatic nitrogens is 3. The number of hydrogen-bond donors (Lipinski definition) is 0. The van der Waals surface area contributed by atoms with Crippen LogP contribution in [-0.4, -0.2) is 53.1 Å². The number of anilines is 1. The van der Waals surface area contributed by atoms with Gasteiger partial charge in [0.15, 0.2) is 5.82 Å². The molecule has 1 aromatic carbocycles. The molecule has 20 heavy (non-hydrogen) atoms. The van der Waals surface area contributed by atoms with Crippen LogP contribution in [0.15, 0.2) is 30.6 Å². The van der Waals surface area contributed by atoms with Crippen molar-refractivity contribution in [1.29, 1.82) is 0 Å². The van der Waals surface area contributed by atoms with Gasteiger partial charge in [-0.05, 0) is 31.3 Å². The maximum absolute atomic E-state index is 12.9. The lowest BCUT2D eigenvalue weighted by Crippen LogP contribution is -2.45. The van der Waals surface area contributed by atoms with Crippen LogP contribution in [0.4, 0.5) is 10.3 Å². The van der Waals surface area contributed by atoms with Gasteiger partial charge < -0.3 is 9.80 Å². The van der Waals surface area contributed by atoms with Gasteiger partial charge >= 0.3 is 0 Å². The SMILES string of the molecule is CN1CCN(c2ncnc(-c3ccc(F)cc3)n2)CC1. The van der Waals surface area contributed by atoms with E-state index in [4.69, 9.17) is 0 Å². The van der Waals surface area contributed by atoms with Crippen molar-refractivity contribution in [2.75, 3.05) is 38.1 Å². The van der Waals surface area contributed by atoms with Crippen LogP contribution < -0.4 is 4.90 Å². The fraction of sp³-hybridized carbons (Fsp3) is 0.357. The number of nitrogens with zero attached hydrogens (tertiary/aromatic N) is 5. The highest BCUT2D eigenvalue weighted by Crippen LogP contribution is 2.17. The number of benzene rings is 1. The number of likely N-dealkylation sites (N-methyl/N-ethyl adjacent to an activating group) is 1. The number of halogens is 1. The minimum Gasteiger partial charge on any atom is -0.338 e. The highest BCUT2D eigenvalue weighted by atomic mass is 19.1. The van der Waals surface area contributed by atoms with Gasteiger partial charge in [0.2, 0.25) is 5.95 Å². The van der Waals surface area contributed by atoms with E-state index in [1.807, 2.05) is 0 Å². The zero-order valence-corrected chi connectivity index (χ0v) is 11.3. The van der Waals surface area contributed by atoms with Crippen LogP contribution >= 0.6 is 0 Å². The van der Waals surface area contributed by atoms with E-state index in [9.17, 15) is 4.39 Å². The summed E-state index contributed by atoms with van der Waals surface area (Å²) in [5, 5.41) is 0. The Morgan fingerprint density at radius 1 is 1.00 bits per heavy atom. The molecule has 2 heterocycles. The summed E-state index contributed by atoms with van der Waals surface area (Å²) in [4.78, 5) is 17.3. The third-order valence-corrected chi connectivity index (χ3v) is 3.45. The molecule has 0 bridgehead atoms. The monoisotopic (exact) mass is 273 g/mol. The maximum Gasteiger partial charge on any atom is 0.228 e. The Bertz CT molecular complexity index is 578. The minimum atomic E-state index is -0.262. The summed E-state index contributed by atoms with van der Waals surface area (Å²) in [6.45, 7) is 3.81. The number of hydrogen-bond acceptors (Lipinski definition) is 5.